The Morgan fingerprint density at radius 3 is 2.60 bits per heavy atom. The molecule has 0 radical (unpaired) electrons. The number of likely N-dealkylation sites (tertiary alicyclic amines) is 1. The van der Waals surface area contributed by atoms with Gasteiger partial charge in [-0.05, 0) is 56.2 Å². The molecule has 6 rings (SSSR count). The highest BCUT2D eigenvalue weighted by molar-refractivity contribution is 6.30. The van der Waals surface area contributed by atoms with Crippen LogP contribution in [0.5, 0.6) is 11.5 Å². The molecule has 234 valence electrons. The van der Waals surface area contributed by atoms with Gasteiger partial charge in [0, 0.05) is 42.5 Å². The molecule has 1 N–H and O–H groups in total. The minimum atomic E-state index is -1.20. The number of aromatic nitrogens is 4. The lowest BCUT2D eigenvalue weighted by Crippen LogP contribution is -2.38. The second-order valence-corrected chi connectivity index (χ2v) is 11.4. The molecule has 45 heavy (non-hydrogen) atoms. The first kappa shape index (κ1) is 30.5. The highest BCUT2D eigenvalue weighted by atomic mass is 35.5. The molecule has 1 aliphatic heterocycles. The molecule has 5 aromatic rings. The fourth-order valence-corrected chi connectivity index (χ4v) is 5.75. The number of aryl methyl sites for hydroxylation is 1. The van der Waals surface area contributed by atoms with Gasteiger partial charge in [-0.25, -0.2) is 23.5 Å². The molecule has 0 saturated carbocycles. The van der Waals surface area contributed by atoms with E-state index < -0.39 is 17.6 Å². The van der Waals surface area contributed by atoms with Crippen molar-refractivity contribution in [3.63, 3.8) is 0 Å². The van der Waals surface area contributed by atoms with Crippen molar-refractivity contribution < 1.29 is 28.2 Å². The summed E-state index contributed by atoms with van der Waals surface area (Å²) in [6.07, 6.45) is 5.01. The first-order valence-electron chi connectivity index (χ1n) is 14.7. The average Bonchev–Trinajstić information content (AvgIpc) is 3.62. The van der Waals surface area contributed by atoms with Crippen molar-refractivity contribution >= 4 is 28.6 Å². The van der Waals surface area contributed by atoms with Gasteiger partial charge in [-0.2, -0.15) is 0 Å². The number of benzene rings is 3. The number of carboxylic acid groups (broad SMARTS) is 1. The zero-order valence-corrected chi connectivity index (χ0v) is 25.4. The van der Waals surface area contributed by atoms with Gasteiger partial charge in [0.15, 0.2) is 5.82 Å². The molecular formula is C33H32ClF2N5O4. The largest absolute Gasteiger partial charge is 0.490 e. The maximum atomic E-state index is 15.0. The van der Waals surface area contributed by atoms with E-state index in [1.807, 2.05) is 28.2 Å². The van der Waals surface area contributed by atoms with Crippen LogP contribution in [0.4, 0.5) is 8.78 Å². The third-order valence-electron chi connectivity index (χ3n) is 8.01. The number of carboxylic acids is 1. The topological polar surface area (TPSA) is 94.6 Å². The molecule has 0 bridgehead atoms. The lowest BCUT2D eigenvalue weighted by molar-refractivity contribution is 0.0696. The number of imidazole rings is 2. The maximum absolute atomic E-state index is 15.0. The average molecular weight is 636 g/mol. The number of hydrogen-bond donors (Lipinski definition) is 1. The summed E-state index contributed by atoms with van der Waals surface area (Å²) in [5, 5.41) is 9.88. The summed E-state index contributed by atoms with van der Waals surface area (Å²) in [5.74, 6) is -0.386. The van der Waals surface area contributed by atoms with Crippen LogP contribution in [0.3, 0.4) is 0 Å². The molecule has 0 spiro atoms. The van der Waals surface area contributed by atoms with E-state index in [-0.39, 0.29) is 23.8 Å². The molecular weight excluding hydrogens is 604 g/mol. The van der Waals surface area contributed by atoms with Crippen molar-refractivity contribution in [1.29, 1.82) is 0 Å². The van der Waals surface area contributed by atoms with Crippen molar-refractivity contribution in [2.75, 3.05) is 13.1 Å². The standard InChI is InChI=1S/C33H32ClF2N5O4/c1-2-40-20-37-16-24(40)17-41-30-13-22(33(42)43)12-29(36)32(30)38-31(41)18-39-10-8-25(9-11-39)45-27-5-3-4-26(15-27)44-19-21-6-7-23(34)14-28(21)35/h3-7,12-16,20,25H,2,8-11,17-19H2,1H3,(H,42,43). The van der Waals surface area contributed by atoms with Gasteiger partial charge in [0.05, 0.1) is 36.2 Å². The molecule has 0 unspecified atom stereocenters. The Balaban J connectivity index is 1.12. The van der Waals surface area contributed by atoms with Crippen molar-refractivity contribution in [3.8, 4) is 11.5 Å². The van der Waals surface area contributed by atoms with Crippen molar-refractivity contribution in [2.24, 2.45) is 0 Å². The van der Waals surface area contributed by atoms with Gasteiger partial charge in [0.25, 0.3) is 0 Å². The van der Waals surface area contributed by atoms with Crippen LogP contribution in [-0.2, 0) is 26.2 Å². The Bertz CT molecular complexity index is 1830. The van der Waals surface area contributed by atoms with Gasteiger partial charge in [-0.1, -0.05) is 23.7 Å². The summed E-state index contributed by atoms with van der Waals surface area (Å²) in [6, 6.07) is 14.3. The van der Waals surface area contributed by atoms with Crippen LogP contribution in [0, 0.1) is 11.6 Å². The van der Waals surface area contributed by atoms with E-state index in [9.17, 15) is 14.3 Å². The van der Waals surface area contributed by atoms with Crippen LogP contribution >= 0.6 is 11.6 Å². The summed E-state index contributed by atoms with van der Waals surface area (Å²) in [5.41, 5.74) is 1.78. The summed E-state index contributed by atoms with van der Waals surface area (Å²) in [7, 11) is 0. The molecule has 9 nitrogen and oxygen atoms in total. The van der Waals surface area contributed by atoms with Crippen LogP contribution in [0.2, 0.25) is 5.02 Å². The van der Waals surface area contributed by atoms with Crippen LogP contribution in [0.25, 0.3) is 11.0 Å². The molecule has 0 aliphatic carbocycles. The number of aromatic carboxylic acids is 1. The van der Waals surface area contributed by atoms with E-state index >= 15 is 4.39 Å². The highest BCUT2D eigenvalue weighted by Gasteiger charge is 2.25. The van der Waals surface area contributed by atoms with Gasteiger partial charge < -0.3 is 23.7 Å². The van der Waals surface area contributed by atoms with E-state index in [1.165, 1.54) is 12.1 Å². The summed E-state index contributed by atoms with van der Waals surface area (Å²) >= 11 is 5.84. The second-order valence-electron chi connectivity index (χ2n) is 11.0. The third kappa shape index (κ3) is 6.94. The zero-order chi connectivity index (χ0) is 31.5. The molecule has 0 amide bonds. The van der Waals surface area contributed by atoms with Crippen molar-refractivity contribution in [1.82, 2.24) is 24.0 Å². The summed E-state index contributed by atoms with van der Waals surface area (Å²) in [4.78, 5) is 22.8. The van der Waals surface area contributed by atoms with Crippen LogP contribution < -0.4 is 9.47 Å². The highest BCUT2D eigenvalue weighted by Crippen LogP contribution is 2.27. The van der Waals surface area contributed by atoms with E-state index in [0.29, 0.717) is 46.5 Å². The van der Waals surface area contributed by atoms with Crippen molar-refractivity contribution in [2.45, 2.75) is 52.1 Å². The van der Waals surface area contributed by atoms with E-state index in [4.69, 9.17) is 21.1 Å². The predicted molar refractivity (Wildman–Crippen MR) is 165 cm³/mol. The van der Waals surface area contributed by atoms with Gasteiger partial charge in [-0.3, -0.25) is 4.90 Å². The van der Waals surface area contributed by atoms with Crippen LogP contribution in [0.1, 0.15) is 47.2 Å². The zero-order valence-electron chi connectivity index (χ0n) is 24.6. The molecule has 2 aromatic heterocycles. The Morgan fingerprint density at radius 1 is 1.04 bits per heavy atom. The SMILES string of the molecule is CCn1cncc1Cn1c(CN2CCC(Oc3cccc(OCc4ccc(Cl)cc4F)c3)CC2)nc2c(F)cc(C(=O)O)cc21. The molecule has 3 heterocycles. The summed E-state index contributed by atoms with van der Waals surface area (Å²) < 4.78 is 45.1. The fraction of sp³-hybridized carbons (Fsp3) is 0.303. The van der Waals surface area contributed by atoms with Crippen molar-refractivity contribution in [3.05, 3.63) is 106 Å². The molecule has 0 atom stereocenters. The number of piperidine rings is 1. The fourth-order valence-electron chi connectivity index (χ4n) is 5.59. The smallest absolute Gasteiger partial charge is 0.335 e. The first-order valence-corrected chi connectivity index (χ1v) is 15.1. The number of carbonyl (C=O) groups is 1. The number of fused-ring (bicyclic) bond motifs is 1. The van der Waals surface area contributed by atoms with Gasteiger partial charge in [0.1, 0.15) is 41.4 Å². The monoisotopic (exact) mass is 635 g/mol. The second kappa shape index (κ2) is 13.3. The number of ether oxygens (including phenoxy) is 2. The molecule has 3 aromatic carbocycles. The van der Waals surface area contributed by atoms with Crippen LogP contribution in [-0.4, -0.2) is 54.3 Å². The van der Waals surface area contributed by atoms with Gasteiger partial charge in [0.2, 0.25) is 0 Å². The van der Waals surface area contributed by atoms with Gasteiger partial charge >= 0.3 is 5.97 Å². The third-order valence-corrected chi connectivity index (χ3v) is 8.25. The molecule has 1 aliphatic rings. The normalized spacial score (nSPS) is 14.2. The number of halogens is 3. The predicted octanol–water partition coefficient (Wildman–Crippen LogP) is 6.55. The number of rotatable bonds is 11. The maximum Gasteiger partial charge on any atom is 0.335 e. The molecule has 12 heteroatoms. The number of hydrogen-bond acceptors (Lipinski definition) is 6. The molecule has 1 fully saturated rings. The van der Waals surface area contributed by atoms with E-state index in [2.05, 4.69) is 14.9 Å². The quantitative estimate of drug-likeness (QED) is 0.176. The molecule has 1 saturated heterocycles. The summed E-state index contributed by atoms with van der Waals surface area (Å²) in [6.45, 7) is 5.11. The van der Waals surface area contributed by atoms with Gasteiger partial charge in [-0.15, -0.1) is 0 Å². The lowest BCUT2D eigenvalue weighted by atomic mass is 10.1. The van der Waals surface area contributed by atoms with Crippen LogP contribution in [0.15, 0.2) is 67.1 Å². The minimum absolute atomic E-state index is 0.0153. The lowest BCUT2D eigenvalue weighted by Gasteiger charge is -2.32. The van der Waals surface area contributed by atoms with E-state index in [0.717, 1.165) is 44.2 Å². The Hall–Kier alpha value is -4.48. The number of nitrogens with zero attached hydrogens (tertiary/aromatic N) is 5. The Labute approximate surface area is 263 Å². The van der Waals surface area contributed by atoms with E-state index in [1.54, 1.807) is 36.8 Å². The minimum Gasteiger partial charge on any atom is -0.490 e. The Morgan fingerprint density at radius 2 is 1.84 bits per heavy atom. The Kier molecular flexibility index (Phi) is 8.99. The first-order chi connectivity index (χ1) is 21.8.